The normalized spacial score (nSPS) is 23.1. The number of rotatable bonds is 1. The molecule has 1 saturated heterocycles. The van der Waals surface area contributed by atoms with Crippen molar-refractivity contribution in [3.05, 3.63) is 34.9 Å². The van der Waals surface area contributed by atoms with Crippen LogP contribution in [0.3, 0.4) is 0 Å². The van der Waals surface area contributed by atoms with Crippen molar-refractivity contribution in [2.24, 2.45) is 0 Å². The Bertz CT molecular complexity index is 289. The van der Waals surface area contributed by atoms with Gasteiger partial charge in [-0.05, 0) is 37.1 Å². The SMILES string of the molecule is Clc1ccc([C@@H]2CCCNCCN2)cc1. The minimum atomic E-state index is 0.490. The highest BCUT2D eigenvalue weighted by atomic mass is 35.5. The second-order valence-electron chi connectivity index (χ2n) is 3.95. The molecule has 1 aliphatic rings. The fraction of sp³-hybridized carbons (Fsp3) is 0.500. The molecule has 1 fully saturated rings. The lowest BCUT2D eigenvalue weighted by atomic mass is 10.0. The van der Waals surface area contributed by atoms with Crippen molar-refractivity contribution in [3.8, 4) is 0 Å². The first-order valence-corrected chi connectivity index (χ1v) is 5.93. The first kappa shape index (κ1) is 10.9. The summed E-state index contributed by atoms with van der Waals surface area (Å²) >= 11 is 5.88. The van der Waals surface area contributed by atoms with E-state index >= 15 is 0 Å². The number of hydrogen-bond donors (Lipinski definition) is 2. The lowest BCUT2D eigenvalue weighted by molar-refractivity contribution is 0.437. The first-order valence-electron chi connectivity index (χ1n) is 5.56. The van der Waals surface area contributed by atoms with Crippen molar-refractivity contribution in [1.29, 1.82) is 0 Å². The van der Waals surface area contributed by atoms with Crippen molar-refractivity contribution >= 4 is 11.6 Å². The molecular formula is C12H17ClN2. The third-order valence-corrected chi connectivity index (χ3v) is 3.06. The average molecular weight is 225 g/mol. The van der Waals surface area contributed by atoms with E-state index in [1.54, 1.807) is 0 Å². The van der Waals surface area contributed by atoms with Crippen molar-refractivity contribution in [2.45, 2.75) is 18.9 Å². The molecule has 1 aliphatic heterocycles. The molecule has 2 rings (SSSR count). The summed E-state index contributed by atoms with van der Waals surface area (Å²) in [6, 6.07) is 8.67. The van der Waals surface area contributed by atoms with Gasteiger partial charge in [-0.1, -0.05) is 23.7 Å². The van der Waals surface area contributed by atoms with Gasteiger partial charge >= 0.3 is 0 Å². The highest BCUT2D eigenvalue weighted by molar-refractivity contribution is 6.30. The fourth-order valence-electron chi connectivity index (χ4n) is 1.97. The molecule has 1 aromatic carbocycles. The van der Waals surface area contributed by atoms with Gasteiger partial charge in [0.05, 0.1) is 0 Å². The maximum Gasteiger partial charge on any atom is 0.0406 e. The predicted octanol–water partition coefficient (Wildman–Crippen LogP) is 2.35. The molecule has 0 saturated carbocycles. The Balaban J connectivity index is 2.03. The van der Waals surface area contributed by atoms with E-state index in [1.807, 2.05) is 12.1 Å². The first-order chi connectivity index (χ1) is 7.36. The third-order valence-electron chi connectivity index (χ3n) is 2.81. The molecule has 2 nitrogen and oxygen atoms in total. The zero-order chi connectivity index (χ0) is 10.5. The van der Waals surface area contributed by atoms with Gasteiger partial charge in [0.1, 0.15) is 0 Å². The summed E-state index contributed by atoms with van der Waals surface area (Å²) in [6.07, 6.45) is 2.41. The monoisotopic (exact) mass is 224 g/mol. The Morgan fingerprint density at radius 1 is 1.07 bits per heavy atom. The van der Waals surface area contributed by atoms with E-state index < -0.39 is 0 Å². The van der Waals surface area contributed by atoms with Crippen LogP contribution in [0.1, 0.15) is 24.4 Å². The van der Waals surface area contributed by atoms with E-state index in [4.69, 9.17) is 11.6 Å². The van der Waals surface area contributed by atoms with Crippen molar-refractivity contribution in [3.63, 3.8) is 0 Å². The molecule has 0 radical (unpaired) electrons. The molecule has 0 aromatic heterocycles. The van der Waals surface area contributed by atoms with Gasteiger partial charge in [-0.2, -0.15) is 0 Å². The number of nitrogens with one attached hydrogen (secondary N) is 2. The second kappa shape index (κ2) is 5.50. The Morgan fingerprint density at radius 3 is 2.67 bits per heavy atom. The Kier molecular flexibility index (Phi) is 4.01. The molecule has 0 amide bonds. The van der Waals surface area contributed by atoms with Crippen LogP contribution in [0.4, 0.5) is 0 Å². The lowest BCUT2D eigenvalue weighted by Crippen LogP contribution is -2.34. The quantitative estimate of drug-likeness (QED) is 0.766. The second-order valence-corrected chi connectivity index (χ2v) is 4.39. The Hall–Kier alpha value is -0.570. The van der Waals surface area contributed by atoms with E-state index in [-0.39, 0.29) is 0 Å². The predicted molar refractivity (Wildman–Crippen MR) is 64.3 cm³/mol. The van der Waals surface area contributed by atoms with Gasteiger partial charge in [0.15, 0.2) is 0 Å². The van der Waals surface area contributed by atoms with Gasteiger partial charge in [-0.3, -0.25) is 0 Å². The summed E-state index contributed by atoms with van der Waals surface area (Å²) in [5.41, 5.74) is 1.35. The Morgan fingerprint density at radius 2 is 1.87 bits per heavy atom. The zero-order valence-corrected chi connectivity index (χ0v) is 9.56. The van der Waals surface area contributed by atoms with Crippen LogP contribution in [-0.4, -0.2) is 19.6 Å². The van der Waals surface area contributed by atoms with E-state index in [0.29, 0.717) is 6.04 Å². The molecule has 0 bridgehead atoms. The number of hydrogen-bond acceptors (Lipinski definition) is 2. The van der Waals surface area contributed by atoms with Gasteiger partial charge in [0.2, 0.25) is 0 Å². The molecule has 1 atom stereocenters. The van der Waals surface area contributed by atoms with Crippen LogP contribution in [0.5, 0.6) is 0 Å². The van der Waals surface area contributed by atoms with Crippen molar-refractivity contribution < 1.29 is 0 Å². The average Bonchev–Trinajstić information content (AvgIpc) is 2.19. The van der Waals surface area contributed by atoms with E-state index in [1.165, 1.54) is 18.4 Å². The molecule has 0 aliphatic carbocycles. The third kappa shape index (κ3) is 3.20. The zero-order valence-electron chi connectivity index (χ0n) is 8.80. The Labute approximate surface area is 96.0 Å². The van der Waals surface area contributed by atoms with Crippen molar-refractivity contribution in [2.75, 3.05) is 19.6 Å². The van der Waals surface area contributed by atoms with Gasteiger partial charge in [0, 0.05) is 24.2 Å². The molecule has 0 spiro atoms. The molecule has 82 valence electrons. The molecule has 0 unspecified atom stereocenters. The maximum atomic E-state index is 5.88. The lowest BCUT2D eigenvalue weighted by Gasteiger charge is -2.22. The topological polar surface area (TPSA) is 24.1 Å². The van der Waals surface area contributed by atoms with Crippen LogP contribution in [0.25, 0.3) is 0 Å². The summed E-state index contributed by atoms with van der Waals surface area (Å²) < 4.78 is 0. The van der Waals surface area contributed by atoms with Gasteiger partial charge < -0.3 is 10.6 Å². The van der Waals surface area contributed by atoms with Crippen LogP contribution in [-0.2, 0) is 0 Å². The van der Waals surface area contributed by atoms with Gasteiger partial charge in [-0.15, -0.1) is 0 Å². The minimum Gasteiger partial charge on any atom is -0.315 e. The van der Waals surface area contributed by atoms with Crippen LogP contribution in [0.15, 0.2) is 24.3 Å². The molecular weight excluding hydrogens is 208 g/mol. The summed E-state index contributed by atoms with van der Waals surface area (Å²) in [5.74, 6) is 0. The highest BCUT2D eigenvalue weighted by Crippen LogP contribution is 2.20. The van der Waals surface area contributed by atoms with Crippen LogP contribution in [0, 0.1) is 0 Å². The highest BCUT2D eigenvalue weighted by Gasteiger charge is 2.11. The van der Waals surface area contributed by atoms with E-state index in [0.717, 1.165) is 24.7 Å². The van der Waals surface area contributed by atoms with E-state index in [9.17, 15) is 0 Å². The molecule has 1 aromatic rings. The summed E-state index contributed by atoms with van der Waals surface area (Å²) in [6.45, 7) is 3.23. The fourth-order valence-corrected chi connectivity index (χ4v) is 2.10. The molecule has 3 heteroatoms. The summed E-state index contributed by atoms with van der Waals surface area (Å²) in [7, 11) is 0. The molecule has 15 heavy (non-hydrogen) atoms. The van der Waals surface area contributed by atoms with Gasteiger partial charge in [-0.25, -0.2) is 0 Å². The van der Waals surface area contributed by atoms with Crippen molar-refractivity contribution in [1.82, 2.24) is 10.6 Å². The maximum absolute atomic E-state index is 5.88. The standard InChI is InChI=1S/C12H17ClN2/c13-11-5-3-10(4-6-11)12-2-1-7-14-8-9-15-12/h3-6,12,14-15H,1-2,7-9H2/t12-/m0/s1. The number of benzene rings is 1. The van der Waals surface area contributed by atoms with Crippen LogP contribution in [0.2, 0.25) is 5.02 Å². The number of halogens is 1. The van der Waals surface area contributed by atoms with Crippen LogP contribution < -0.4 is 10.6 Å². The van der Waals surface area contributed by atoms with Gasteiger partial charge in [0.25, 0.3) is 0 Å². The van der Waals surface area contributed by atoms with Crippen LogP contribution >= 0.6 is 11.6 Å². The molecule has 2 N–H and O–H groups in total. The smallest absolute Gasteiger partial charge is 0.0406 e. The molecule has 1 heterocycles. The summed E-state index contributed by atoms with van der Waals surface area (Å²) in [5, 5.41) is 7.75. The minimum absolute atomic E-state index is 0.490. The summed E-state index contributed by atoms with van der Waals surface area (Å²) in [4.78, 5) is 0. The van der Waals surface area contributed by atoms with E-state index in [2.05, 4.69) is 22.8 Å². The largest absolute Gasteiger partial charge is 0.315 e.